The van der Waals surface area contributed by atoms with Gasteiger partial charge in [-0.3, -0.25) is 9.88 Å². The summed E-state index contributed by atoms with van der Waals surface area (Å²) in [6.45, 7) is 4.69. The van der Waals surface area contributed by atoms with E-state index in [0.29, 0.717) is 24.4 Å². The maximum atomic E-state index is 12.9. The molecular weight excluding hydrogens is 457 g/mol. The molecule has 3 aromatic rings. The molecule has 1 fully saturated rings. The maximum Gasteiger partial charge on any atom is 0.416 e. The van der Waals surface area contributed by atoms with Gasteiger partial charge in [-0.1, -0.05) is 24.3 Å². The fourth-order valence-corrected chi connectivity index (χ4v) is 4.46. The minimum Gasteiger partial charge on any atom is -0.488 e. The van der Waals surface area contributed by atoms with Gasteiger partial charge in [0.05, 0.1) is 17.0 Å². The molecule has 0 N–H and O–H groups in total. The van der Waals surface area contributed by atoms with Gasteiger partial charge in [-0.2, -0.15) is 13.2 Å². The van der Waals surface area contributed by atoms with E-state index in [1.165, 1.54) is 23.3 Å². The number of pyridine rings is 1. The molecule has 3 heterocycles. The highest BCUT2D eigenvalue weighted by Gasteiger charge is 2.30. The molecule has 5 rings (SSSR count). The Balaban J connectivity index is 1.20. The standard InChI is InChI=1S/C27H27F3N2O3/c1-18-34-26(35-18)17-33-24-10-7-19-11-13-32(14-12-21(19)15-24)16-23-3-2-4-25(31-23)20-5-8-22(9-6-20)27(28,29)30/h2-10,15,18,26H,11-14,16-17H2,1H3. The van der Waals surface area contributed by atoms with Gasteiger partial charge in [-0.25, -0.2) is 0 Å². The average Bonchev–Trinajstić information content (AvgIpc) is 3.03. The summed E-state index contributed by atoms with van der Waals surface area (Å²) in [5, 5.41) is 0. The number of hydrogen-bond donors (Lipinski definition) is 0. The van der Waals surface area contributed by atoms with Gasteiger partial charge in [0, 0.05) is 25.2 Å². The Kier molecular flexibility index (Phi) is 6.77. The van der Waals surface area contributed by atoms with E-state index in [2.05, 4.69) is 17.0 Å². The van der Waals surface area contributed by atoms with Crippen molar-refractivity contribution < 1.29 is 27.4 Å². The van der Waals surface area contributed by atoms with Gasteiger partial charge in [0.1, 0.15) is 12.4 Å². The van der Waals surface area contributed by atoms with Crippen molar-refractivity contribution in [2.45, 2.75) is 45.1 Å². The molecule has 5 nitrogen and oxygen atoms in total. The molecule has 0 saturated carbocycles. The second kappa shape index (κ2) is 9.97. The van der Waals surface area contributed by atoms with Crippen LogP contribution in [0.5, 0.6) is 5.75 Å². The van der Waals surface area contributed by atoms with Crippen LogP contribution in [-0.2, 0) is 35.0 Å². The van der Waals surface area contributed by atoms with E-state index in [1.807, 2.05) is 31.2 Å². The third-order valence-corrected chi connectivity index (χ3v) is 6.35. The molecule has 0 atom stereocenters. The third kappa shape index (κ3) is 5.83. The second-order valence-electron chi connectivity index (χ2n) is 8.88. The Labute approximate surface area is 202 Å². The van der Waals surface area contributed by atoms with Crippen LogP contribution in [0.1, 0.15) is 29.3 Å². The molecular formula is C27H27F3N2O3. The quantitative estimate of drug-likeness (QED) is 0.465. The molecule has 2 aliphatic heterocycles. The van der Waals surface area contributed by atoms with Crippen molar-refractivity contribution in [2.75, 3.05) is 19.7 Å². The molecule has 0 aliphatic carbocycles. The van der Waals surface area contributed by atoms with Gasteiger partial charge in [-0.15, -0.1) is 0 Å². The predicted octanol–water partition coefficient (Wildman–Crippen LogP) is 5.47. The van der Waals surface area contributed by atoms with E-state index in [0.717, 1.165) is 49.5 Å². The number of benzene rings is 2. The molecule has 0 spiro atoms. The van der Waals surface area contributed by atoms with Gasteiger partial charge >= 0.3 is 6.18 Å². The lowest BCUT2D eigenvalue weighted by Gasteiger charge is -2.33. The molecule has 0 radical (unpaired) electrons. The molecule has 1 saturated heterocycles. The number of fused-ring (bicyclic) bond motifs is 1. The molecule has 0 amide bonds. The number of rotatable bonds is 6. The van der Waals surface area contributed by atoms with Crippen molar-refractivity contribution in [2.24, 2.45) is 0 Å². The zero-order chi connectivity index (χ0) is 24.4. The summed E-state index contributed by atoms with van der Waals surface area (Å²) in [7, 11) is 0. The van der Waals surface area contributed by atoms with E-state index in [4.69, 9.17) is 19.2 Å². The number of aromatic nitrogens is 1. The van der Waals surface area contributed by atoms with Gasteiger partial charge in [0.15, 0.2) is 12.6 Å². The van der Waals surface area contributed by atoms with Crippen molar-refractivity contribution in [3.8, 4) is 17.0 Å². The van der Waals surface area contributed by atoms with Crippen molar-refractivity contribution in [3.63, 3.8) is 0 Å². The lowest BCUT2D eigenvalue weighted by Crippen LogP contribution is -2.42. The summed E-state index contributed by atoms with van der Waals surface area (Å²) in [5.41, 5.74) is 4.17. The minimum absolute atomic E-state index is 0.160. The molecule has 1 aromatic heterocycles. The maximum absolute atomic E-state index is 12.9. The Bertz CT molecular complexity index is 1160. The van der Waals surface area contributed by atoms with Gasteiger partial charge in [-0.05, 0) is 67.3 Å². The summed E-state index contributed by atoms with van der Waals surface area (Å²) >= 11 is 0. The van der Waals surface area contributed by atoms with Crippen molar-refractivity contribution in [3.05, 3.63) is 83.0 Å². The first kappa shape index (κ1) is 23.8. The number of alkyl halides is 3. The summed E-state index contributed by atoms with van der Waals surface area (Å²) in [6, 6.07) is 17.1. The largest absolute Gasteiger partial charge is 0.488 e. The van der Waals surface area contributed by atoms with Gasteiger partial charge < -0.3 is 14.2 Å². The Hall–Kier alpha value is -2.94. The summed E-state index contributed by atoms with van der Waals surface area (Å²) in [4.78, 5) is 7.07. The third-order valence-electron chi connectivity index (χ3n) is 6.35. The normalized spacial score (nSPS) is 20.6. The first-order chi connectivity index (χ1) is 16.8. The molecule has 8 heteroatoms. The summed E-state index contributed by atoms with van der Waals surface area (Å²) in [5.74, 6) is 0.815. The van der Waals surface area contributed by atoms with Crippen LogP contribution in [0.3, 0.4) is 0 Å². The number of halogens is 3. The Morgan fingerprint density at radius 1 is 0.971 bits per heavy atom. The lowest BCUT2D eigenvalue weighted by molar-refractivity contribution is -0.380. The number of nitrogens with zero attached hydrogens (tertiary/aromatic N) is 2. The molecule has 0 unspecified atom stereocenters. The Morgan fingerprint density at radius 2 is 1.71 bits per heavy atom. The van der Waals surface area contributed by atoms with Crippen molar-refractivity contribution in [1.29, 1.82) is 0 Å². The summed E-state index contributed by atoms with van der Waals surface area (Å²) < 4.78 is 55.2. The first-order valence-electron chi connectivity index (χ1n) is 11.7. The van der Waals surface area contributed by atoms with Crippen LogP contribution in [0.4, 0.5) is 13.2 Å². The minimum atomic E-state index is -4.34. The fourth-order valence-electron chi connectivity index (χ4n) is 4.46. The van der Waals surface area contributed by atoms with Gasteiger partial charge in [0.25, 0.3) is 0 Å². The molecule has 184 valence electrons. The van der Waals surface area contributed by atoms with Crippen LogP contribution in [0, 0.1) is 0 Å². The van der Waals surface area contributed by atoms with Crippen LogP contribution in [0.25, 0.3) is 11.3 Å². The summed E-state index contributed by atoms with van der Waals surface area (Å²) in [6.07, 6.45) is -2.97. The van der Waals surface area contributed by atoms with Crippen LogP contribution in [0.2, 0.25) is 0 Å². The first-order valence-corrected chi connectivity index (χ1v) is 11.7. The van der Waals surface area contributed by atoms with Crippen LogP contribution in [0.15, 0.2) is 60.7 Å². The topological polar surface area (TPSA) is 43.8 Å². The monoisotopic (exact) mass is 484 g/mol. The lowest BCUT2D eigenvalue weighted by atomic mass is 10.0. The van der Waals surface area contributed by atoms with Crippen LogP contribution >= 0.6 is 0 Å². The van der Waals surface area contributed by atoms with E-state index >= 15 is 0 Å². The van der Waals surface area contributed by atoms with E-state index in [-0.39, 0.29) is 12.6 Å². The van der Waals surface area contributed by atoms with Crippen molar-refractivity contribution in [1.82, 2.24) is 9.88 Å². The molecule has 35 heavy (non-hydrogen) atoms. The SMILES string of the molecule is CC1OC(COc2ccc3c(c2)CCN(Cc2cccc(-c4ccc(C(F)(F)F)cc4)n2)CC3)O1. The highest BCUT2D eigenvalue weighted by atomic mass is 19.4. The zero-order valence-corrected chi connectivity index (χ0v) is 19.4. The van der Waals surface area contributed by atoms with E-state index < -0.39 is 11.7 Å². The molecule has 2 aliphatic rings. The molecule has 2 aromatic carbocycles. The predicted molar refractivity (Wildman–Crippen MR) is 125 cm³/mol. The Morgan fingerprint density at radius 3 is 2.43 bits per heavy atom. The van der Waals surface area contributed by atoms with Crippen LogP contribution in [-0.4, -0.2) is 42.2 Å². The fraction of sp³-hybridized carbons (Fsp3) is 0.370. The number of hydrogen-bond acceptors (Lipinski definition) is 5. The van der Waals surface area contributed by atoms with Crippen LogP contribution < -0.4 is 4.74 Å². The van der Waals surface area contributed by atoms with Crippen molar-refractivity contribution >= 4 is 0 Å². The van der Waals surface area contributed by atoms with E-state index in [9.17, 15) is 13.2 Å². The highest BCUT2D eigenvalue weighted by Crippen LogP contribution is 2.31. The smallest absolute Gasteiger partial charge is 0.416 e. The average molecular weight is 485 g/mol. The molecule has 0 bridgehead atoms. The highest BCUT2D eigenvalue weighted by molar-refractivity contribution is 5.59. The zero-order valence-electron chi connectivity index (χ0n) is 19.4. The second-order valence-corrected chi connectivity index (χ2v) is 8.88. The van der Waals surface area contributed by atoms with E-state index in [1.54, 1.807) is 0 Å². The number of ether oxygens (including phenoxy) is 3. The van der Waals surface area contributed by atoms with Gasteiger partial charge in [0.2, 0.25) is 0 Å².